The van der Waals surface area contributed by atoms with Gasteiger partial charge in [-0.1, -0.05) is 94.6 Å². The molecule has 0 atom stereocenters. The van der Waals surface area contributed by atoms with Crippen molar-refractivity contribution in [1.82, 2.24) is 19.1 Å². The summed E-state index contributed by atoms with van der Waals surface area (Å²) in [5, 5.41) is 2.23. The Morgan fingerprint density at radius 1 is 0.558 bits per heavy atom. The normalized spacial score (nSPS) is 11.3. The van der Waals surface area contributed by atoms with Gasteiger partial charge in [-0.15, -0.1) is 0 Å². The zero-order chi connectivity index (χ0) is 29.8. The predicted molar refractivity (Wildman–Crippen MR) is 178 cm³/mol. The van der Waals surface area contributed by atoms with E-state index < -0.39 is 0 Å². The number of nitrogens with zero attached hydrogens (tertiary/aromatic N) is 4. The van der Waals surface area contributed by atoms with E-state index in [0.717, 1.165) is 24.0 Å². The molecule has 43 heavy (non-hydrogen) atoms. The van der Waals surface area contributed by atoms with Crippen molar-refractivity contribution in [2.24, 2.45) is 0 Å². The van der Waals surface area contributed by atoms with Crippen molar-refractivity contribution in [2.75, 3.05) is 0 Å². The summed E-state index contributed by atoms with van der Waals surface area (Å²) in [4.78, 5) is 10.9. The van der Waals surface area contributed by atoms with Crippen LogP contribution in [0, 0.1) is 0 Å². The molecule has 0 unspecified atom stereocenters. The number of halogens is 4. The molecule has 6 aromatic rings. The fourth-order valence-electron chi connectivity index (χ4n) is 5.09. The van der Waals surface area contributed by atoms with E-state index in [0.29, 0.717) is 33.2 Å². The summed E-state index contributed by atoms with van der Waals surface area (Å²) in [6, 6.07) is 24.7. The topological polar surface area (TPSA) is 35.6 Å². The van der Waals surface area contributed by atoms with Crippen molar-refractivity contribution in [1.29, 1.82) is 0 Å². The summed E-state index contributed by atoms with van der Waals surface area (Å²) in [5.74, 6) is 0. The number of hydrogen-bond donors (Lipinski definition) is 0. The molecule has 0 fully saturated rings. The Kier molecular flexibility index (Phi) is 9.46. The third-order valence-corrected chi connectivity index (χ3v) is 9.92. The van der Waals surface area contributed by atoms with Crippen molar-refractivity contribution in [2.45, 2.75) is 35.7 Å². The molecule has 0 radical (unpaired) electrons. The molecule has 0 N–H and O–H groups in total. The van der Waals surface area contributed by atoms with E-state index in [4.69, 9.17) is 46.4 Å². The number of rotatable bonds is 10. The van der Waals surface area contributed by atoms with Gasteiger partial charge in [0.25, 0.3) is 0 Å². The molecule has 0 bridgehead atoms. The van der Waals surface area contributed by atoms with Crippen LogP contribution in [0.3, 0.4) is 0 Å². The molecule has 0 spiro atoms. The molecule has 6 rings (SSSR count). The minimum Gasteiger partial charge on any atom is -0.333 e. The lowest BCUT2D eigenvalue weighted by molar-refractivity contribution is 0.770. The molecule has 2 heterocycles. The SMILES string of the molecule is Clc1ccc(Cc2cccc(Sc3cccc(Cc4ccc(Cl)c(Cl)c4)c3Cn3ccnc3)c2Cn2ccnc2)cc1Cl. The average molecular weight is 664 g/mol. The number of aromatic nitrogens is 4. The Hall–Kier alpha value is -3.19. The van der Waals surface area contributed by atoms with Crippen LogP contribution in [0.5, 0.6) is 0 Å². The van der Waals surface area contributed by atoms with E-state index in [1.54, 1.807) is 11.8 Å². The zero-order valence-corrected chi connectivity index (χ0v) is 26.8. The highest BCUT2D eigenvalue weighted by Gasteiger charge is 2.16. The van der Waals surface area contributed by atoms with Crippen LogP contribution >= 0.6 is 58.2 Å². The van der Waals surface area contributed by atoms with Crippen LogP contribution in [0.1, 0.15) is 33.4 Å². The highest BCUT2D eigenvalue weighted by atomic mass is 35.5. The lowest BCUT2D eigenvalue weighted by Gasteiger charge is -2.19. The van der Waals surface area contributed by atoms with E-state index in [1.807, 2.05) is 73.8 Å². The van der Waals surface area contributed by atoms with Crippen LogP contribution in [-0.2, 0) is 25.9 Å². The Labute approximate surface area is 275 Å². The van der Waals surface area contributed by atoms with Crippen LogP contribution in [-0.4, -0.2) is 19.1 Å². The average Bonchev–Trinajstić information content (AvgIpc) is 3.71. The minimum atomic E-state index is 0.555. The highest BCUT2D eigenvalue weighted by Crippen LogP contribution is 2.38. The molecule has 0 aliphatic heterocycles. The van der Waals surface area contributed by atoms with Gasteiger partial charge < -0.3 is 9.13 Å². The van der Waals surface area contributed by atoms with Gasteiger partial charge in [-0.3, -0.25) is 0 Å². The smallest absolute Gasteiger partial charge is 0.0949 e. The zero-order valence-electron chi connectivity index (χ0n) is 22.9. The molecule has 0 saturated heterocycles. The second-order valence-electron chi connectivity index (χ2n) is 10.2. The van der Waals surface area contributed by atoms with Gasteiger partial charge in [0.15, 0.2) is 0 Å². The van der Waals surface area contributed by atoms with E-state index >= 15 is 0 Å². The van der Waals surface area contributed by atoms with Gasteiger partial charge in [0.05, 0.1) is 32.7 Å². The van der Waals surface area contributed by atoms with Gasteiger partial charge in [0, 0.05) is 47.7 Å². The Morgan fingerprint density at radius 3 is 1.42 bits per heavy atom. The summed E-state index contributed by atoms with van der Waals surface area (Å²) in [5.41, 5.74) is 7.13. The van der Waals surface area contributed by atoms with Gasteiger partial charge in [-0.25, -0.2) is 9.97 Å². The largest absolute Gasteiger partial charge is 0.333 e. The summed E-state index contributed by atoms with van der Waals surface area (Å²) in [6.07, 6.45) is 12.8. The van der Waals surface area contributed by atoms with E-state index in [1.165, 1.54) is 32.0 Å². The fourth-order valence-corrected chi connectivity index (χ4v) is 6.90. The first-order chi connectivity index (χ1) is 20.9. The van der Waals surface area contributed by atoms with Gasteiger partial charge in [-0.2, -0.15) is 0 Å². The number of benzene rings is 4. The second kappa shape index (κ2) is 13.6. The monoisotopic (exact) mass is 662 g/mol. The maximum Gasteiger partial charge on any atom is 0.0949 e. The van der Waals surface area contributed by atoms with Crippen molar-refractivity contribution < 1.29 is 0 Å². The summed E-state index contributed by atoms with van der Waals surface area (Å²) >= 11 is 26.9. The quantitative estimate of drug-likeness (QED) is 0.146. The first-order valence-electron chi connectivity index (χ1n) is 13.6. The van der Waals surface area contributed by atoms with Crippen LogP contribution in [0.25, 0.3) is 0 Å². The van der Waals surface area contributed by atoms with E-state index in [9.17, 15) is 0 Å². The fraction of sp³-hybridized carbons (Fsp3) is 0.118. The van der Waals surface area contributed by atoms with E-state index in [2.05, 4.69) is 55.5 Å². The molecule has 9 heteroatoms. The van der Waals surface area contributed by atoms with Crippen LogP contribution in [0.4, 0.5) is 0 Å². The van der Waals surface area contributed by atoms with Crippen molar-refractivity contribution >= 4 is 58.2 Å². The van der Waals surface area contributed by atoms with Gasteiger partial charge in [0.1, 0.15) is 0 Å². The van der Waals surface area contributed by atoms with Gasteiger partial charge >= 0.3 is 0 Å². The van der Waals surface area contributed by atoms with Crippen molar-refractivity contribution in [3.63, 3.8) is 0 Å². The second-order valence-corrected chi connectivity index (χ2v) is 12.9. The molecule has 4 nitrogen and oxygen atoms in total. The maximum atomic E-state index is 6.37. The van der Waals surface area contributed by atoms with Crippen LogP contribution in [0.15, 0.2) is 120 Å². The van der Waals surface area contributed by atoms with Crippen molar-refractivity contribution in [3.8, 4) is 0 Å². The molecule has 4 aromatic carbocycles. The third kappa shape index (κ3) is 7.31. The van der Waals surface area contributed by atoms with Crippen LogP contribution < -0.4 is 0 Å². The standard InChI is InChI=1S/C34H26Cl4N4S/c35-29-9-7-23(17-31(29)37)15-25-3-1-5-33(27(25)19-41-13-11-39-21-41)43-34-6-2-4-26(28(34)20-42-14-12-40-22-42)16-24-8-10-30(36)32(38)18-24/h1-14,17-18,21-22H,15-16,19-20H2. The molecule has 0 amide bonds. The minimum absolute atomic E-state index is 0.555. The molecular formula is C34H26Cl4N4S. The Bertz CT molecular complexity index is 1720. The molecule has 216 valence electrons. The summed E-state index contributed by atoms with van der Waals surface area (Å²) in [6.45, 7) is 1.39. The van der Waals surface area contributed by atoms with Crippen LogP contribution in [0.2, 0.25) is 20.1 Å². The lowest BCUT2D eigenvalue weighted by Crippen LogP contribution is -2.06. The third-order valence-electron chi connectivity index (χ3n) is 7.24. The number of hydrogen-bond acceptors (Lipinski definition) is 3. The molecular weight excluding hydrogens is 638 g/mol. The van der Waals surface area contributed by atoms with E-state index in [-0.39, 0.29) is 0 Å². The first-order valence-corrected chi connectivity index (χ1v) is 15.9. The summed E-state index contributed by atoms with van der Waals surface area (Å²) < 4.78 is 4.20. The molecule has 0 aliphatic rings. The maximum absolute atomic E-state index is 6.37. The Morgan fingerprint density at radius 2 is 1.02 bits per heavy atom. The Balaban J connectivity index is 1.40. The first kappa shape index (κ1) is 29.9. The predicted octanol–water partition coefficient (Wildman–Crippen LogP) is 10.1. The molecule has 0 saturated carbocycles. The number of imidazole rings is 2. The highest BCUT2D eigenvalue weighted by molar-refractivity contribution is 7.99. The molecule has 2 aromatic heterocycles. The van der Waals surface area contributed by atoms with Gasteiger partial charge in [0.2, 0.25) is 0 Å². The summed E-state index contributed by atoms with van der Waals surface area (Å²) in [7, 11) is 0. The van der Waals surface area contributed by atoms with Crippen molar-refractivity contribution in [3.05, 3.63) is 164 Å². The van der Waals surface area contributed by atoms with Gasteiger partial charge in [-0.05, 0) is 82.6 Å². The molecule has 0 aliphatic carbocycles. The lowest BCUT2D eigenvalue weighted by atomic mass is 9.99.